The zero-order valence-corrected chi connectivity index (χ0v) is 31.4. The molecule has 0 heterocycles. The van der Waals surface area contributed by atoms with E-state index in [0.29, 0.717) is 10.1 Å². The van der Waals surface area contributed by atoms with Gasteiger partial charge in [-0.1, -0.05) is 123 Å². The van der Waals surface area contributed by atoms with Gasteiger partial charge in [-0.25, -0.2) is 0 Å². The van der Waals surface area contributed by atoms with Gasteiger partial charge in [0, 0.05) is 16.1 Å². The first-order valence-electron chi connectivity index (χ1n) is 12.5. The molecule has 3 heteroatoms. The summed E-state index contributed by atoms with van der Waals surface area (Å²) in [6, 6.07) is 0. The molecule has 0 nitrogen and oxygen atoms in total. The minimum absolute atomic E-state index is 0. The van der Waals surface area contributed by atoms with Gasteiger partial charge in [0.1, 0.15) is 0 Å². The van der Waals surface area contributed by atoms with Gasteiger partial charge in [-0.15, -0.1) is 0 Å². The predicted octanol–water partition coefficient (Wildman–Crippen LogP) is 8.33. The molecular formula is C30H54PbSi2. The third-order valence-corrected chi connectivity index (χ3v) is 21.4. The molecular weight excluding hydrogens is 624 g/mol. The maximum atomic E-state index is 2.52. The molecule has 0 aliphatic heterocycles. The van der Waals surface area contributed by atoms with E-state index >= 15 is 0 Å². The molecule has 0 bridgehead atoms. The van der Waals surface area contributed by atoms with Gasteiger partial charge in [0.15, 0.2) is 0 Å². The topological polar surface area (TPSA) is 0 Å². The Balaban J connectivity index is 0.000000602. The number of hydrogen-bond donors (Lipinski definition) is 0. The van der Waals surface area contributed by atoms with Crippen LogP contribution in [0.4, 0.5) is 0 Å². The van der Waals surface area contributed by atoms with Gasteiger partial charge in [-0.2, -0.15) is 54.9 Å². The summed E-state index contributed by atoms with van der Waals surface area (Å²) >= 11 is 0. The molecule has 0 N–H and O–H groups in total. The van der Waals surface area contributed by atoms with Crippen molar-refractivity contribution in [3.05, 3.63) is 44.5 Å². The van der Waals surface area contributed by atoms with Crippen LogP contribution >= 0.6 is 0 Å². The van der Waals surface area contributed by atoms with E-state index < -0.39 is 16.1 Å². The Labute approximate surface area is 230 Å². The minimum atomic E-state index is -1.38. The monoisotopic (exact) mass is 678 g/mol. The van der Waals surface area contributed by atoms with Gasteiger partial charge < -0.3 is 0 Å². The van der Waals surface area contributed by atoms with E-state index in [2.05, 4.69) is 123 Å². The minimum Gasteiger partial charge on any atom is -0.197 e. The van der Waals surface area contributed by atoms with Gasteiger partial charge in [-0.05, 0) is 10.1 Å². The summed E-state index contributed by atoms with van der Waals surface area (Å²) in [5, 5.41) is 4.26. The number of hydrogen-bond acceptors (Lipinski definition) is 0. The Hall–Kier alpha value is 0.0558. The summed E-state index contributed by atoms with van der Waals surface area (Å²) in [4.78, 5) is 0. The molecule has 0 spiro atoms. The normalized spacial score (nSPS) is 12.9. The average molecular weight is 678 g/mol. The van der Waals surface area contributed by atoms with Crippen LogP contribution in [0.2, 0.25) is 36.3 Å². The number of rotatable bonds is 2. The molecule has 0 atom stereocenters. The van der Waals surface area contributed by atoms with E-state index in [4.69, 9.17) is 0 Å². The van der Waals surface area contributed by atoms with Crippen LogP contribution in [0, 0.1) is 55.4 Å². The molecule has 2 aromatic carbocycles. The first-order valence-corrected chi connectivity index (χ1v) is 18.5. The summed E-state index contributed by atoms with van der Waals surface area (Å²) < 4.78 is 0. The maximum Gasteiger partial charge on any atom is 2.00 e. The first-order chi connectivity index (χ1) is 14.0. The molecule has 0 aromatic heterocycles. The van der Waals surface area contributed by atoms with Crippen molar-refractivity contribution >= 4 is 53.8 Å². The molecule has 33 heavy (non-hydrogen) atoms. The zero-order chi connectivity index (χ0) is 25.8. The van der Waals surface area contributed by atoms with E-state index in [1.165, 1.54) is 22.3 Å². The fraction of sp³-hybridized carbons (Fsp3) is 0.667. The molecule has 2 rings (SSSR count). The Morgan fingerprint density at radius 2 is 0.697 bits per heavy atom. The van der Waals surface area contributed by atoms with Gasteiger partial charge in [0.05, 0.1) is 0 Å². The van der Waals surface area contributed by atoms with Crippen LogP contribution in [0.15, 0.2) is 0 Å². The molecule has 2 radical (unpaired) electrons. The summed E-state index contributed by atoms with van der Waals surface area (Å²) in [5.41, 5.74) is 12.3. The molecule has 186 valence electrons. The average Bonchev–Trinajstić information content (AvgIpc) is 2.93. The van der Waals surface area contributed by atoms with Crippen molar-refractivity contribution in [2.45, 2.75) is 133 Å². The van der Waals surface area contributed by atoms with Crippen LogP contribution in [0.5, 0.6) is 0 Å². The zero-order valence-electron chi connectivity index (χ0n) is 25.5. The second-order valence-electron chi connectivity index (χ2n) is 13.5. The van der Waals surface area contributed by atoms with Gasteiger partial charge in [-0.3, -0.25) is 0 Å². The van der Waals surface area contributed by atoms with Crippen LogP contribution in [-0.4, -0.2) is 43.4 Å². The van der Waals surface area contributed by atoms with Crippen LogP contribution in [0.25, 0.3) is 0 Å². The van der Waals surface area contributed by atoms with E-state index in [1.54, 1.807) is 32.6 Å². The van der Waals surface area contributed by atoms with Crippen molar-refractivity contribution in [2.75, 3.05) is 0 Å². The quantitative estimate of drug-likeness (QED) is 0.222. The Bertz CT molecular complexity index is 836. The van der Waals surface area contributed by atoms with Gasteiger partial charge in [0.25, 0.3) is 0 Å². The second kappa shape index (κ2) is 10.6. The van der Waals surface area contributed by atoms with Crippen molar-refractivity contribution in [1.82, 2.24) is 0 Å². The van der Waals surface area contributed by atoms with Crippen LogP contribution in [0.3, 0.4) is 0 Å². The molecule has 0 unspecified atom stereocenters. The maximum absolute atomic E-state index is 2.52. The van der Waals surface area contributed by atoms with Crippen molar-refractivity contribution < 1.29 is 0 Å². The van der Waals surface area contributed by atoms with E-state index in [1.807, 2.05) is 0 Å². The Morgan fingerprint density at radius 1 is 0.485 bits per heavy atom. The van der Waals surface area contributed by atoms with Crippen LogP contribution in [0.1, 0.15) is 86.1 Å². The van der Waals surface area contributed by atoms with E-state index in [-0.39, 0.29) is 27.3 Å². The summed E-state index contributed by atoms with van der Waals surface area (Å²) in [5.74, 6) is 0. The van der Waals surface area contributed by atoms with Crippen molar-refractivity contribution in [1.29, 1.82) is 0 Å². The van der Waals surface area contributed by atoms with E-state index in [9.17, 15) is 0 Å². The molecule has 0 saturated carbocycles. The predicted molar refractivity (Wildman–Crippen MR) is 161 cm³/mol. The molecule has 0 aliphatic carbocycles. The smallest absolute Gasteiger partial charge is 0.197 e. The molecule has 0 fully saturated rings. The van der Waals surface area contributed by atoms with Gasteiger partial charge >= 0.3 is 27.3 Å². The molecule has 0 saturated heterocycles. The summed E-state index contributed by atoms with van der Waals surface area (Å²) in [7, 11) is -2.76. The van der Waals surface area contributed by atoms with Gasteiger partial charge in [0.2, 0.25) is 0 Å². The summed E-state index contributed by atoms with van der Waals surface area (Å²) in [6.07, 6.45) is 0. The summed E-state index contributed by atoms with van der Waals surface area (Å²) in [6.45, 7) is 42.8. The standard InChI is InChI=1S/2C15H27Si.Pb/c2*1-10-11(2)13(4)14(12(10)3)16(8,9)15(5,6)7;/h2*1-9H3;/q2*-1;+2. The van der Waals surface area contributed by atoms with Crippen LogP contribution < -0.4 is 10.4 Å². The molecule has 2 aromatic rings. The third-order valence-electron chi connectivity index (χ3n) is 9.88. The van der Waals surface area contributed by atoms with Crippen LogP contribution in [-0.2, 0) is 0 Å². The van der Waals surface area contributed by atoms with Crippen molar-refractivity contribution in [2.24, 2.45) is 0 Å². The Kier molecular flexibility index (Phi) is 10.6. The largest absolute Gasteiger partial charge is 2.00 e. The van der Waals surface area contributed by atoms with Crippen molar-refractivity contribution in [3.8, 4) is 0 Å². The second-order valence-corrected chi connectivity index (χ2v) is 24.0. The van der Waals surface area contributed by atoms with Crippen molar-refractivity contribution in [3.63, 3.8) is 0 Å². The molecule has 0 aliphatic rings. The molecule has 0 amide bonds. The first kappa shape index (κ1) is 33.1. The van der Waals surface area contributed by atoms with E-state index in [0.717, 1.165) is 0 Å². The fourth-order valence-corrected chi connectivity index (χ4v) is 11.1. The fourth-order valence-electron chi connectivity index (χ4n) is 5.06. The SMILES string of the molecule is Cc1c([Si](C)(C)C(C)(C)C)c(C)[c-](C)c1C.Cc1c([Si](C)(C)C(C)(C)C)c(C)[c-](C)c1C.[Pb+2]. The third kappa shape index (κ3) is 5.90. The Morgan fingerprint density at radius 3 is 0.818 bits per heavy atom.